The molecule has 1 aliphatic heterocycles. The van der Waals surface area contributed by atoms with Gasteiger partial charge in [0.2, 0.25) is 5.91 Å². The quantitative estimate of drug-likeness (QED) is 0.742. The summed E-state index contributed by atoms with van der Waals surface area (Å²) >= 11 is 0. The standard InChI is InChI=1S/C15H22N2O2/c18-12-5-1-4-10-16-13-7-2-3-8-14(13)17-11-6-9-15(17)19/h2-3,7-8,16,18H,1,4-6,9-12H2. The zero-order valence-electron chi connectivity index (χ0n) is 11.3. The molecule has 4 nitrogen and oxygen atoms in total. The molecule has 0 bridgehead atoms. The van der Waals surface area contributed by atoms with E-state index in [1.807, 2.05) is 29.2 Å². The summed E-state index contributed by atoms with van der Waals surface area (Å²) in [6, 6.07) is 7.98. The third-order valence-electron chi connectivity index (χ3n) is 3.42. The van der Waals surface area contributed by atoms with E-state index in [2.05, 4.69) is 5.32 Å². The fourth-order valence-corrected chi connectivity index (χ4v) is 2.40. The molecule has 1 aromatic carbocycles. The number of anilines is 2. The number of nitrogens with one attached hydrogen (secondary N) is 1. The molecule has 0 atom stereocenters. The van der Waals surface area contributed by atoms with Crippen LogP contribution in [0.3, 0.4) is 0 Å². The van der Waals surface area contributed by atoms with Gasteiger partial charge < -0.3 is 15.3 Å². The molecule has 104 valence electrons. The molecule has 2 N–H and O–H groups in total. The van der Waals surface area contributed by atoms with Crippen molar-refractivity contribution in [3.8, 4) is 0 Å². The molecular weight excluding hydrogens is 240 g/mol. The molecule has 0 radical (unpaired) electrons. The molecule has 1 fully saturated rings. The molecule has 0 unspecified atom stereocenters. The van der Waals surface area contributed by atoms with Crippen molar-refractivity contribution in [3.63, 3.8) is 0 Å². The second kappa shape index (κ2) is 7.14. The van der Waals surface area contributed by atoms with Crippen LogP contribution in [0.5, 0.6) is 0 Å². The first kappa shape index (κ1) is 13.9. The Kier molecular flexibility index (Phi) is 5.21. The van der Waals surface area contributed by atoms with Crippen LogP contribution < -0.4 is 10.2 Å². The van der Waals surface area contributed by atoms with E-state index in [9.17, 15) is 4.79 Å². The van der Waals surface area contributed by atoms with E-state index in [0.29, 0.717) is 6.42 Å². The van der Waals surface area contributed by atoms with Crippen molar-refractivity contribution in [3.05, 3.63) is 24.3 Å². The number of aliphatic hydroxyl groups excluding tert-OH is 1. The Labute approximate surface area is 114 Å². The summed E-state index contributed by atoms with van der Waals surface area (Å²) in [6.45, 7) is 1.96. The van der Waals surface area contributed by atoms with Gasteiger partial charge in [-0.15, -0.1) is 0 Å². The maximum absolute atomic E-state index is 11.8. The Balaban J connectivity index is 1.94. The fourth-order valence-electron chi connectivity index (χ4n) is 2.40. The van der Waals surface area contributed by atoms with Crippen LogP contribution in [0.2, 0.25) is 0 Å². The van der Waals surface area contributed by atoms with E-state index in [1.54, 1.807) is 0 Å². The van der Waals surface area contributed by atoms with Gasteiger partial charge in [0, 0.05) is 26.1 Å². The third-order valence-corrected chi connectivity index (χ3v) is 3.42. The minimum atomic E-state index is 0.217. The van der Waals surface area contributed by atoms with Crippen molar-refractivity contribution < 1.29 is 9.90 Å². The molecule has 1 amide bonds. The smallest absolute Gasteiger partial charge is 0.227 e. The molecular formula is C15H22N2O2. The maximum atomic E-state index is 11.8. The zero-order valence-corrected chi connectivity index (χ0v) is 11.3. The summed E-state index contributed by atoms with van der Waals surface area (Å²) in [4.78, 5) is 13.7. The van der Waals surface area contributed by atoms with E-state index < -0.39 is 0 Å². The van der Waals surface area contributed by atoms with Crippen LogP contribution in [0.1, 0.15) is 32.1 Å². The number of nitrogens with zero attached hydrogens (tertiary/aromatic N) is 1. The lowest BCUT2D eigenvalue weighted by Crippen LogP contribution is -2.24. The second-order valence-electron chi connectivity index (χ2n) is 4.88. The Morgan fingerprint density at radius 3 is 2.79 bits per heavy atom. The van der Waals surface area contributed by atoms with Crippen LogP contribution in [0.15, 0.2) is 24.3 Å². The molecule has 1 heterocycles. The van der Waals surface area contributed by atoms with Crippen LogP contribution in [-0.4, -0.2) is 30.7 Å². The summed E-state index contributed by atoms with van der Waals surface area (Å²) in [5.41, 5.74) is 2.02. The SMILES string of the molecule is O=C1CCCN1c1ccccc1NCCCCCO. The zero-order chi connectivity index (χ0) is 13.5. The Morgan fingerprint density at radius 2 is 2.05 bits per heavy atom. The van der Waals surface area contributed by atoms with Crippen molar-refractivity contribution in [2.45, 2.75) is 32.1 Å². The van der Waals surface area contributed by atoms with E-state index in [1.165, 1.54) is 0 Å². The van der Waals surface area contributed by atoms with Crippen molar-refractivity contribution >= 4 is 17.3 Å². The van der Waals surface area contributed by atoms with Crippen molar-refractivity contribution in [1.29, 1.82) is 0 Å². The number of hydrogen-bond acceptors (Lipinski definition) is 3. The second-order valence-corrected chi connectivity index (χ2v) is 4.88. The van der Waals surface area contributed by atoms with Gasteiger partial charge in [-0.2, -0.15) is 0 Å². The predicted molar refractivity (Wildman–Crippen MR) is 77.5 cm³/mol. The van der Waals surface area contributed by atoms with Gasteiger partial charge in [-0.3, -0.25) is 4.79 Å². The first-order valence-corrected chi connectivity index (χ1v) is 7.07. The van der Waals surface area contributed by atoms with E-state index in [4.69, 9.17) is 5.11 Å². The lowest BCUT2D eigenvalue weighted by Gasteiger charge is -2.20. The normalized spacial score (nSPS) is 15.0. The number of amides is 1. The van der Waals surface area contributed by atoms with Gasteiger partial charge in [0.25, 0.3) is 0 Å². The van der Waals surface area contributed by atoms with E-state index >= 15 is 0 Å². The summed E-state index contributed by atoms with van der Waals surface area (Å²) in [6.07, 6.45) is 4.51. The van der Waals surface area contributed by atoms with Crippen molar-refractivity contribution in [2.75, 3.05) is 29.9 Å². The highest BCUT2D eigenvalue weighted by Gasteiger charge is 2.23. The predicted octanol–water partition coefficient (Wildman–Crippen LogP) is 2.39. The topological polar surface area (TPSA) is 52.6 Å². The van der Waals surface area contributed by atoms with Crippen LogP contribution in [0.4, 0.5) is 11.4 Å². The minimum absolute atomic E-state index is 0.217. The lowest BCUT2D eigenvalue weighted by molar-refractivity contribution is -0.117. The molecule has 1 aliphatic rings. The highest BCUT2D eigenvalue weighted by Crippen LogP contribution is 2.29. The number of para-hydroxylation sites is 2. The average Bonchev–Trinajstić information content (AvgIpc) is 2.85. The van der Waals surface area contributed by atoms with Gasteiger partial charge in [-0.05, 0) is 37.8 Å². The largest absolute Gasteiger partial charge is 0.396 e. The molecule has 4 heteroatoms. The molecule has 2 rings (SSSR count). The number of carbonyl (C=O) groups is 1. The summed E-state index contributed by atoms with van der Waals surface area (Å²) in [5.74, 6) is 0.217. The van der Waals surface area contributed by atoms with Crippen LogP contribution >= 0.6 is 0 Å². The number of unbranched alkanes of at least 4 members (excludes halogenated alkanes) is 2. The van der Waals surface area contributed by atoms with Crippen molar-refractivity contribution in [2.24, 2.45) is 0 Å². The van der Waals surface area contributed by atoms with Gasteiger partial charge >= 0.3 is 0 Å². The lowest BCUT2D eigenvalue weighted by atomic mass is 10.2. The van der Waals surface area contributed by atoms with Crippen LogP contribution in [0.25, 0.3) is 0 Å². The molecule has 19 heavy (non-hydrogen) atoms. The van der Waals surface area contributed by atoms with E-state index in [-0.39, 0.29) is 12.5 Å². The Morgan fingerprint density at radius 1 is 1.21 bits per heavy atom. The summed E-state index contributed by atoms with van der Waals surface area (Å²) < 4.78 is 0. The Hall–Kier alpha value is -1.55. The van der Waals surface area contributed by atoms with Gasteiger partial charge in [0.15, 0.2) is 0 Å². The number of carbonyl (C=O) groups excluding carboxylic acids is 1. The third kappa shape index (κ3) is 3.70. The molecule has 0 saturated carbocycles. The van der Waals surface area contributed by atoms with Gasteiger partial charge in [-0.1, -0.05) is 12.1 Å². The highest BCUT2D eigenvalue weighted by atomic mass is 16.2. The maximum Gasteiger partial charge on any atom is 0.227 e. The molecule has 0 spiro atoms. The number of benzene rings is 1. The fraction of sp³-hybridized carbons (Fsp3) is 0.533. The number of aliphatic hydroxyl groups is 1. The summed E-state index contributed by atoms with van der Waals surface area (Å²) in [7, 11) is 0. The van der Waals surface area contributed by atoms with E-state index in [0.717, 1.165) is 50.1 Å². The molecule has 0 aromatic heterocycles. The van der Waals surface area contributed by atoms with Gasteiger partial charge in [0.05, 0.1) is 11.4 Å². The number of rotatable bonds is 7. The molecule has 0 aliphatic carbocycles. The Bertz CT molecular complexity index is 420. The molecule has 1 saturated heterocycles. The average molecular weight is 262 g/mol. The minimum Gasteiger partial charge on any atom is -0.396 e. The monoisotopic (exact) mass is 262 g/mol. The van der Waals surface area contributed by atoms with Gasteiger partial charge in [-0.25, -0.2) is 0 Å². The molecule has 1 aromatic rings. The highest BCUT2D eigenvalue weighted by molar-refractivity contribution is 5.98. The van der Waals surface area contributed by atoms with Crippen LogP contribution in [-0.2, 0) is 4.79 Å². The first-order valence-electron chi connectivity index (χ1n) is 7.07. The van der Waals surface area contributed by atoms with Crippen molar-refractivity contribution in [1.82, 2.24) is 0 Å². The van der Waals surface area contributed by atoms with Gasteiger partial charge in [0.1, 0.15) is 0 Å². The number of hydrogen-bond donors (Lipinski definition) is 2. The first-order chi connectivity index (χ1) is 9.33. The summed E-state index contributed by atoms with van der Waals surface area (Å²) in [5, 5.41) is 12.1. The van der Waals surface area contributed by atoms with Crippen LogP contribution in [0, 0.1) is 0 Å².